The minimum Gasteiger partial charge on any atom is -0.497 e. The number of rotatable bonds is 4. The molecule has 1 aliphatic heterocycles. The van der Waals surface area contributed by atoms with Gasteiger partial charge in [0, 0.05) is 32.1 Å². The lowest BCUT2D eigenvalue weighted by Gasteiger charge is -2.35. The van der Waals surface area contributed by atoms with E-state index >= 15 is 0 Å². The van der Waals surface area contributed by atoms with Gasteiger partial charge in [-0.1, -0.05) is 13.8 Å². The summed E-state index contributed by atoms with van der Waals surface area (Å²) in [4.78, 5) is 14.1. The monoisotopic (exact) mass is 354 g/mol. The lowest BCUT2D eigenvalue weighted by atomic mass is 10.1. The summed E-state index contributed by atoms with van der Waals surface area (Å²) < 4.78 is 32.7. The number of ether oxygens (including phenoxy) is 1. The lowest BCUT2D eigenvalue weighted by molar-refractivity contribution is -0.135. The van der Waals surface area contributed by atoms with Crippen LogP contribution in [0.25, 0.3) is 0 Å². The van der Waals surface area contributed by atoms with Gasteiger partial charge in [0.1, 0.15) is 5.75 Å². The number of benzene rings is 1. The third kappa shape index (κ3) is 3.57. The standard InChI is InChI=1S/C17H26N2O4S/c1-12(2)17(20)18-6-8-19(9-7-18)24(21,22)16-13(3)10-15(23-5)11-14(16)4/h10-12H,6-9H2,1-5H3. The Labute approximate surface area is 144 Å². The van der Waals surface area contributed by atoms with Crippen molar-refractivity contribution >= 4 is 15.9 Å². The number of sulfonamides is 1. The second-order valence-corrected chi connectivity index (χ2v) is 8.35. The molecule has 0 saturated carbocycles. The maximum Gasteiger partial charge on any atom is 0.243 e. The predicted molar refractivity (Wildman–Crippen MR) is 92.6 cm³/mol. The summed E-state index contributed by atoms with van der Waals surface area (Å²) in [6.07, 6.45) is 0. The number of amides is 1. The summed E-state index contributed by atoms with van der Waals surface area (Å²) >= 11 is 0. The highest BCUT2D eigenvalue weighted by Gasteiger charge is 2.32. The summed E-state index contributed by atoms with van der Waals surface area (Å²) in [6.45, 7) is 8.79. The molecule has 0 radical (unpaired) electrons. The number of carbonyl (C=O) groups is 1. The second kappa shape index (κ2) is 7.11. The molecule has 1 aliphatic rings. The Morgan fingerprint density at radius 3 is 2.00 bits per heavy atom. The van der Waals surface area contributed by atoms with E-state index in [1.165, 1.54) is 4.31 Å². The maximum atomic E-state index is 13.0. The number of hydrogen-bond acceptors (Lipinski definition) is 4. The highest BCUT2D eigenvalue weighted by Crippen LogP contribution is 2.28. The Bertz CT molecular complexity index is 697. The second-order valence-electron chi connectivity index (χ2n) is 6.47. The van der Waals surface area contributed by atoms with E-state index in [9.17, 15) is 13.2 Å². The molecule has 0 bridgehead atoms. The Morgan fingerprint density at radius 1 is 1.08 bits per heavy atom. The van der Waals surface area contributed by atoms with E-state index in [1.807, 2.05) is 13.8 Å². The minimum absolute atomic E-state index is 0.0702. The Kier molecular flexibility index (Phi) is 5.55. The van der Waals surface area contributed by atoms with E-state index in [0.717, 1.165) is 0 Å². The van der Waals surface area contributed by atoms with Crippen molar-refractivity contribution in [1.82, 2.24) is 9.21 Å². The fraction of sp³-hybridized carbons (Fsp3) is 0.588. The number of methoxy groups -OCH3 is 1. The molecule has 1 amide bonds. The highest BCUT2D eigenvalue weighted by atomic mass is 32.2. The van der Waals surface area contributed by atoms with E-state index in [0.29, 0.717) is 48.0 Å². The zero-order valence-corrected chi connectivity index (χ0v) is 15.8. The van der Waals surface area contributed by atoms with Gasteiger partial charge >= 0.3 is 0 Å². The minimum atomic E-state index is -3.58. The molecule has 2 rings (SSSR count). The summed E-state index contributed by atoms with van der Waals surface area (Å²) in [6, 6.07) is 3.47. The van der Waals surface area contributed by atoms with Crippen molar-refractivity contribution in [1.29, 1.82) is 0 Å². The van der Waals surface area contributed by atoms with E-state index in [2.05, 4.69) is 0 Å². The number of hydrogen-bond donors (Lipinski definition) is 0. The molecule has 0 N–H and O–H groups in total. The van der Waals surface area contributed by atoms with Gasteiger partial charge in [-0.15, -0.1) is 0 Å². The zero-order chi connectivity index (χ0) is 18.1. The SMILES string of the molecule is COc1cc(C)c(S(=O)(=O)N2CCN(C(=O)C(C)C)CC2)c(C)c1. The molecular formula is C17H26N2O4S. The molecule has 134 valence electrons. The van der Waals surface area contributed by atoms with Crippen LogP contribution >= 0.6 is 0 Å². The van der Waals surface area contributed by atoms with Gasteiger partial charge in [0.15, 0.2) is 0 Å². The van der Waals surface area contributed by atoms with Crippen molar-refractivity contribution in [2.75, 3.05) is 33.3 Å². The van der Waals surface area contributed by atoms with Gasteiger partial charge in [-0.25, -0.2) is 8.42 Å². The van der Waals surface area contributed by atoms with Gasteiger partial charge in [0.2, 0.25) is 15.9 Å². The van der Waals surface area contributed by atoms with Crippen LogP contribution < -0.4 is 4.74 Å². The molecule has 6 nitrogen and oxygen atoms in total. The molecule has 1 fully saturated rings. The van der Waals surface area contributed by atoms with Crippen LogP contribution in [0, 0.1) is 19.8 Å². The number of aryl methyl sites for hydroxylation is 2. The normalized spacial score (nSPS) is 16.5. The molecule has 1 saturated heterocycles. The first kappa shape index (κ1) is 18.7. The molecule has 1 heterocycles. The van der Waals surface area contributed by atoms with Crippen molar-refractivity contribution in [2.45, 2.75) is 32.6 Å². The van der Waals surface area contributed by atoms with Gasteiger partial charge in [0.05, 0.1) is 12.0 Å². The topological polar surface area (TPSA) is 66.9 Å². The Morgan fingerprint density at radius 2 is 1.58 bits per heavy atom. The van der Waals surface area contributed by atoms with Gasteiger partial charge < -0.3 is 9.64 Å². The third-order valence-electron chi connectivity index (χ3n) is 4.31. The van der Waals surface area contributed by atoms with Crippen LogP contribution in [0.1, 0.15) is 25.0 Å². The van der Waals surface area contributed by atoms with Crippen LogP contribution in [-0.4, -0.2) is 56.8 Å². The summed E-state index contributed by atoms with van der Waals surface area (Å²) in [5.41, 5.74) is 1.35. The van der Waals surface area contributed by atoms with Crippen molar-refractivity contribution in [3.05, 3.63) is 23.3 Å². The average molecular weight is 354 g/mol. The van der Waals surface area contributed by atoms with Gasteiger partial charge in [-0.3, -0.25) is 4.79 Å². The van der Waals surface area contributed by atoms with Crippen LogP contribution in [0.4, 0.5) is 0 Å². The average Bonchev–Trinajstić information content (AvgIpc) is 2.53. The lowest BCUT2D eigenvalue weighted by Crippen LogP contribution is -2.51. The van der Waals surface area contributed by atoms with E-state index in [-0.39, 0.29) is 11.8 Å². The molecule has 0 spiro atoms. The summed E-state index contributed by atoms with van der Waals surface area (Å²) in [5, 5.41) is 0. The van der Waals surface area contributed by atoms with Crippen molar-refractivity contribution < 1.29 is 17.9 Å². The molecule has 0 unspecified atom stereocenters. The Balaban J connectivity index is 2.23. The quantitative estimate of drug-likeness (QED) is 0.827. The fourth-order valence-electron chi connectivity index (χ4n) is 3.08. The predicted octanol–water partition coefficient (Wildman–Crippen LogP) is 1.80. The first-order valence-electron chi connectivity index (χ1n) is 8.12. The third-order valence-corrected chi connectivity index (χ3v) is 6.52. The molecule has 1 aromatic rings. The number of piperazine rings is 1. The van der Waals surface area contributed by atoms with Crippen LogP contribution in [-0.2, 0) is 14.8 Å². The zero-order valence-electron chi connectivity index (χ0n) is 15.0. The number of nitrogens with zero attached hydrogens (tertiary/aromatic N) is 2. The largest absolute Gasteiger partial charge is 0.497 e. The maximum absolute atomic E-state index is 13.0. The van der Waals surface area contributed by atoms with Crippen LogP contribution in [0.3, 0.4) is 0 Å². The van der Waals surface area contributed by atoms with E-state index in [4.69, 9.17) is 4.74 Å². The Hall–Kier alpha value is -1.60. The number of carbonyl (C=O) groups excluding carboxylic acids is 1. The van der Waals surface area contributed by atoms with Crippen molar-refractivity contribution in [3.8, 4) is 5.75 Å². The molecule has 1 aromatic carbocycles. The van der Waals surface area contributed by atoms with Gasteiger partial charge in [-0.2, -0.15) is 4.31 Å². The van der Waals surface area contributed by atoms with Gasteiger partial charge in [0.25, 0.3) is 0 Å². The fourth-order valence-corrected chi connectivity index (χ4v) is 4.91. The molecular weight excluding hydrogens is 328 g/mol. The molecule has 0 aliphatic carbocycles. The molecule has 7 heteroatoms. The first-order valence-corrected chi connectivity index (χ1v) is 9.56. The smallest absolute Gasteiger partial charge is 0.243 e. The van der Waals surface area contributed by atoms with Crippen molar-refractivity contribution in [3.63, 3.8) is 0 Å². The van der Waals surface area contributed by atoms with E-state index in [1.54, 1.807) is 38.0 Å². The van der Waals surface area contributed by atoms with E-state index < -0.39 is 10.0 Å². The molecule has 0 atom stereocenters. The summed E-state index contributed by atoms with van der Waals surface area (Å²) in [7, 11) is -2.02. The first-order chi connectivity index (χ1) is 11.2. The van der Waals surface area contributed by atoms with Crippen LogP contribution in [0.15, 0.2) is 17.0 Å². The van der Waals surface area contributed by atoms with Crippen molar-refractivity contribution in [2.24, 2.45) is 5.92 Å². The van der Waals surface area contributed by atoms with Crippen LogP contribution in [0.2, 0.25) is 0 Å². The van der Waals surface area contributed by atoms with Gasteiger partial charge in [-0.05, 0) is 37.1 Å². The van der Waals surface area contributed by atoms with Crippen LogP contribution in [0.5, 0.6) is 5.75 Å². The molecule has 0 aromatic heterocycles. The molecule has 24 heavy (non-hydrogen) atoms. The highest BCUT2D eigenvalue weighted by molar-refractivity contribution is 7.89. The summed E-state index contributed by atoms with van der Waals surface area (Å²) in [5.74, 6) is 0.652.